The lowest BCUT2D eigenvalue weighted by Crippen LogP contribution is -2.33. The van der Waals surface area contributed by atoms with Crippen LogP contribution < -0.4 is 4.57 Å². The van der Waals surface area contributed by atoms with Crippen molar-refractivity contribution in [1.82, 2.24) is 0 Å². The maximum absolute atomic E-state index is 2.18. The molecule has 1 heteroatoms. The molecule has 0 saturated heterocycles. The summed E-state index contributed by atoms with van der Waals surface area (Å²) < 4.78 is 2.18. The van der Waals surface area contributed by atoms with Crippen LogP contribution in [0, 0.1) is 6.92 Å². The summed E-state index contributed by atoms with van der Waals surface area (Å²) in [7, 11) is 0. The molecule has 0 bridgehead atoms. The number of aryl methyl sites for hydroxylation is 1. The van der Waals surface area contributed by atoms with Crippen molar-refractivity contribution >= 4 is 0 Å². The first-order valence-corrected chi connectivity index (χ1v) is 4.85. The summed E-state index contributed by atoms with van der Waals surface area (Å²) in [5, 5.41) is 0. The normalized spacial score (nSPS) is 10.1. The zero-order chi connectivity index (χ0) is 9.80. The van der Waals surface area contributed by atoms with Crippen molar-refractivity contribution < 1.29 is 4.57 Å². The summed E-state index contributed by atoms with van der Waals surface area (Å²) in [4.78, 5) is 0. The van der Waals surface area contributed by atoms with Gasteiger partial charge in [-0.05, 0) is 12.5 Å². The lowest BCUT2D eigenvalue weighted by Gasteiger charge is -2.00. The fourth-order valence-corrected chi connectivity index (χ4v) is 1.52. The van der Waals surface area contributed by atoms with Crippen molar-refractivity contribution in [2.75, 3.05) is 0 Å². The highest BCUT2D eigenvalue weighted by atomic mass is 14.9. The second kappa shape index (κ2) is 4.05. The zero-order valence-electron chi connectivity index (χ0n) is 8.35. The van der Waals surface area contributed by atoms with Crippen molar-refractivity contribution in [2.24, 2.45) is 0 Å². The van der Waals surface area contributed by atoms with Crippen LogP contribution in [0.25, 0.3) is 0 Å². The molecule has 2 aromatic rings. The van der Waals surface area contributed by atoms with E-state index in [0.29, 0.717) is 0 Å². The van der Waals surface area contributed by atoms with Crippen molar-refractivity contribution in [3.63, 3.8) is 0 Å². The maximum Gasteiger partial charge on any atom is 0.174 e. The Morgan fingerprint density at radius 3 is 2.36 bits per heavy atom. The predicted molar refractivity (Wildman–Crippen MR) is 56.9 cm³/mol. The SMILES string of the molecule is Cc1ccccc1C[n+]1ccccc1. The summed E-state index contributed by atoms with van der Waals surface area (Å²) in [6.07, 6.45) is 4.18. The first-order valence-electron chi connectivity index (χ1n) is 4.85. The van der Waals surface area contributed by atoms with Gasteiger partial charge in [0.05, 0.1) is 0 Å². The van der Waals surface area contributed by atoms with E-state index in [9.17, 15) is 0 Å². The van der Waals surface area contributed by atoms with Crippen LogP contribution in [0.5, 0.6) is 0 Å². The fourth-order valence-electron chi connectivity index (χ4n) is 1.52. The van der Waals surface area contributed by atoms with Crippen LogP contribution in [0.3, 0.4) is 0 Å². The highest BCUT2D eigenvalue weighted by molar-refractivity contribution is 5.24. The van der Waals surface area contributed by atoms with E-state index in [1.807, 2.05) is 6.07 Å². The van der Waals surface area contributed by atoms with Gasteiger partial charge in [0.1, 0.15) is 0 Å². The Morgan fingerprint density at radius 1 is 0.929 bits per heavy atom. The van der Waals surface area contributed by atoms with E-state index in [0.717, 1.165) is 6.54 Å². The molecule has 0 spiro atoms. The quantitative estimate of drug-likeness (QED) is 0.631. The Bertz CT molecular complexity index is 407. The summed E-state index contributed by atoms with van der Waals surface area (Å²) in [6, 6.07) is 14.6. The molecule has 1 heterocycles. The van der Waals surface area contributed by atoms with Crippen LogP contribution in [0.4, 0.5) is 0 Å². The molecule has 1 aromatic heterocycles. The molecule has 2 rings (SSSR count). The van der Waals surface area contributed by atoms with Gasteiger partial charge in [-0.1, -0.05) is 30.3 Å². The summed E-state index contributed by atoms with van der Waals surface area (Å²) in [5.41, 5.74) is 2.73. The van der Waals surface area contributed by atoms with Gasteiger partial charge in [-0.3, -0.25) is 0 Å². The Hall–Kier alpha value is -1.63. The number of hydrogen-bond acceptors (Lipinski definition) is 0. The average Bonchev–Trinajstić information content (AvgIpc) is 2.23. The Morgan fingerprint density at radius 2 is 1.64 bits per heavy atom. The van der Waals surface area contributed by atoms with Gasteiger partial charge in [-0.15, -0.1) is 0 Å². The van der Waals surface area contributed by atoms with Gasteiger partial charge in [0.15, 0.2) is 18.9 Å². The lowest BCUT2D eigenvalue weighted by molar-refractivity contribution is -0.688. The topological polar surface area (TPSA) is 3.88 Å². The molecule has 0 unspecified atom stereocenters. The molecule has 0 radical (unpaired) electrons. The van der Waals surface area contributed by atoms with Gasteiger partial charge >= 0.3 is 0 Å². The van der Waals surface area contributed by atoms with Crippen molar-refractivity contribution in [2.45, 2.75) is 13.5 Å². The van der Waals surface area contributed by atoms with Crippen molar-refractivity contribution in [3.8, 4) is 0 Å². The Labute approximate surface area is 84.6 Å². The molecule has 0 aliphatic carbocycles. The smallest absolute Gasteiger partial charge is 0.174 e. The fraction of sp³-hybridized carbons (Fsp3) is 0.154. The number of nitrogens with zero attached hydrogens (tertiary/aromatic N) is 1. The van der Waals surface area contributed by atoms with Crippen LogP contribution in [0.1, 0.15) is 11.1 Å². The second-order valence-electron chi connectivity index (χ2n) is 3.47. The Balaban J connectivity index is 2.24. The molecule has 0 aliphatic heterocycles. The van der Waals surface area contributed by atoms with E-state index in [4.69, 9.17) is 0 Å². The Kier molecular flexibility index (Phi) is 2.59. The molecule has 70 valence electrons. The monoisotopic (exact) mass is 184 g/mol. The van der Waals surface area contributed by atoms with E-state index in [2.05, 4.69) is 60.3 Å². The molecular formula is C13H14N+. The predicted octanol–water partition coefficient (Wildman–Crippen LogP) is 2.33. The molecular weight excluding hydrogens is 170 g/mol. The number of benzene rings is 1. The van der Waals surface area contributed by atoms with Gasteiger partial charge in [-0.2, -0.15) is 0 Å². The van der Waals surface area contributed by atoms with Crippen LogP contribution >= 0.6 is 0 Å². The van der Waals surface area contributed by atoms with Crippen molar-refractivity contribution in [1.29, 1.82) is 0 Å². The van der Waals surface area contributed by atoms with E-state index in [-0.39, 0.29) is 0 Å². The minimum Gasteiger partial charge on any atom is -0.201 e. The van der Waals surface area contributed by atoms with Crippen LogP contribution in [-0.4, -0.2) is 0 Å². The molecule has 0 N–H and O–H groups in total. The number of aromatic nitrogens is 1. The van der Waals surface area contributed by atoms with E-state index in [1.165, 1.54) is 11.1 Å². The summed E-state index contributed by atoms with van der Waals surface area (Å²) in [6.45, 7) is 3.10. The summed E-state index contributed by atoms with van der Waals surface area (Å²) in [5.74, 6) is 0. The van der Waals surface area contributed by atoms with Crippen molar-refractivity contribution in [3.05, 3.63) is 66.0 Å². The molecule has 0 atom stereocenters. The van der Waals surface area contributed by atoms with Crippen LogP contribution in [0.2, 0.25) is 0 Å². The third-order valence-electron chi connectivity index (χ3n) is 2.39. The molecule has 1 aromatic carbocycles. The highest BCUT2D eigenvalue weighted by Gasteiger charge is 2.02. The van der Waals surface area contributed by atoms with Gasteiger partial charge in [0.2, 0.25) is 0 Å². The summed E-state index contributed by atoms with van der Waals surface area (Å²) >= 11 is 0. The minimum atomic E-state index is 0.952. The number of rotatable bonds is 2. The molecule has 0 saturated carbocycles. The lowest BCUT2D eigenvalue weighted by atomic mass is 10.1. The first kappa shape index (κ1) is 8.95. The second-order valence-corrected chi connectivity index (χ2v) is 3.47. The molecule has 14 heavy (non-hydrogen) atoms. The van der Waals surface area contributed by atoms with Gasteiger partial charge in [0, 0.05) is 17.7 Å². The highest BCUT2D eigenvalue weighted by Crippen LogP contribution is 2.05. The van der Waals surface area contributed by atoms with Crippen LogP contribution in [0.15, 0.2) is 54.9 Å². The zero-order valence-corrected chi connectivity index (χ0v) is 8.35. The van der Waals surface area contributed by atoms with E-state index < -0.39 is 0 Å². The standard InChI is InChI=1S/C13H14N/c1-12-7-3-4-8-13(12)11-14-9-5-2-6-10-14/h2-10H,11H2,1H3/q+1. The first-order chi connectivity index (χ1) is 6.86. The molecule has 0 fully saturated rings. The third-order valence-corrected chi connectivity index (χ3v) is 2.39. The average molecular weight is 184 g/mol. The van der Waals surface area contributed by atoms with E-state index in [1.54, 1.807) is 0 Å². The third kappa shape index (κ3) is 1.99. The molecule has 0 amide bonds. The molecule has 1 nitrogen and oxygen atoms in total. The van der Waals surface area contributed by atoms with Gasteiger partial charge < -0.3 is 0 Å². The van der Waals surface area contributed by atoms with E-state index >= 15 is 0 Å². The molecule has 0 aliphatic rings. The maximum atomic E-state index is 2.18. The number of pyridine rings is 1. The minimum absolute atomic E-state index is 0.952. The van der Waals surface area contributed by atoms with Gasteiger partial charge in [-0.25, -0.2) is 4.57 Å². The number of hydrogen-bond donors (Lipinski definition) is 0. The van der Waals surface area contributed by atoms with Gasteiger partial charge in [0.25, 0.3) is 0 Å². The van der Waals surface area contributed by atoms with Crippen LogP contribution in [-0.2, 0) is 6.54 Å². The largest absolute Gasteiger partial charge is 0.201 e.